The predicted molar refractivity (Wildman–Crippen MR) is 46.9 cm³/mol. The molecule has 0 aromatic carbocycles. The largest absolute Gasteiger partial charge is 0.374 e. The lowest BCUT2D eigenvalue weighted by Crippen LogP contribution is -2.39. The second-order valence-corrected chi connectivity index (χ2v) is 2.92. The summed E-state index contributed by atoms with van der Waals surface area (Å²) in [4.78, 5) is 12.8. The van der Waals surface area contributed by atoms with Crippen molar-refractivity contribution in [3.8, 4) is 0 Å². The van der Waals surface area contributed by atoms with Crippen molar-refractivity contribution in [2.45, 2.75) is 39.3 Å². The minimum absolute atomic E-state index is 0.191. The van der Waals surface area contributed by atoms with E-state index < -0.39 is 0 Å². The number of carbonyl (C=O) groups is 1. The Balaban J connectivity index is 0.000000336. The Morgan fingerprint density at radius 1 is 1.50 bits per heavy atom. The van der Waals surface area contributed by atoms with Crippen LogP contribution < -0.4 is 0 Å². The molecule has 0 bridgehead atoms. The molecule has 2 fully saturated rings. The van der Waals surface area contributed by atoms with Crippen molar-refractivity contribution in [1.82, 2.24) is 4.90 Å². The lowest BCUT2D eigenvalue weighted by molar-refractivity contribution is -0.133. The molecule has 1 saturated heterocycles. The Morgan fingerprint density at radius 2 is 2.17 bits per heavy atom. The number of nitrogens with zero attached hydrogens (tertiary/aromatic N) is 1. The van der Waals surface area contributed by atoms with Gasteiger partial charge in [0, 0.05) is 13.5 Å². The predicted octanol–water partition coefficient (Wildman–Crippen LogP) is 1.03. The van der Waals surface area contributed by atoms with Crippen LogP contribution in [0.1, 0.15) is 27.2 Å². The number of ether oxygens (including phenoxy) is 1. The van der Waals surface area contributed by atoms with Crippen molar-refractivity contribution in [3.05, 3.63) is 0 Å². The maximum atomic E-state index is 10.9. The van der Waals surface area contributed by atoms with E-state index in [0.29, 0.717) is 12.1 Å². The van der Waals surface area contributed by atoms with Crippen LogP contribution in [0.3, 0.4) is 0 Å². The second-order valence-electron chi connectivity index (χ2n) is 2.92. The summed E-state index contributed by atoms with van der Waals surface area (Å²) in [6.07, 6.45) is 1.43. The van der Waals surface area contributed by atoms with E-state index in [4.69, 9.17) is 4.74 Å². The minimum Gasteiger partial charge on any atom is -0.374 e. The van der Waals surface area contributed by atoms with Crippen LogP contribution in [-0.2, 0) is 9.53 Å². The number of carbonyl (C=O) groups excluding carboxylic acids is 1. The zero-order chi connectivity index (χ0) is 9.14. The zero-order valence-corrected chi connectivity index (χ0v) is 8.04. The van der Waals surface area contributed by atoms with Gasteiger partial charge >= 0.3 is 0 Å². The third-order valence-corrected chi connectivity index (χ3v) is 2.17. The molecule has 0 unspecified atom stereocenters. The fourth-order valence-corrected chi connectivity index (χ4v) is 1.53. The summed E-state index contributed by atoms with van der Waals surface area (Å²) in [6, 6.07) is 0.422. The van der Waals surface area contributed by atoms with Gasteiger partial charge < -0.3 is 9.64 Å². The highest BCUT2D eigenvalue weighted by molar-refractivity contribution is 5.74. The lowest BCUT2D eigenvalue weighted by Gasteiger charge is -2.24. The molecule has 1 amide bonds. The molecule has 0 N–H and O–H groups in total. The molecule has 1 aliphatic carbocycles. The molecule has 3 heteroatoms. The Labute approximate surface area is 73.7 Å². The van der Waals surface area contributed by atoms with Gasteiger partial charge in [-0.3, -0.25) is 4.79 Å². The van der Waals surface area contributed by atoms with E-state index in [1.165, 1.54) is 0 Å². The summed E-state index contributed by atoms with van der Waals surface area (Å²) in [6.45, 7) is 7.14. The summed E-state index contributed by atoms with van der Waals surface area (Å²) in [5.74, 6) is 0.191. The highest BCUT2D eigenvalue weighted by Crippen LogP contribution is 2.34. The molecule has 0 spiro atoms. The molecule has 70 valence electrons. The number of amides is 1. The van der Waals surface area contributed by atoms with E-state index in [-0.39, 0.29) is 5.91 Å². The fraction of sp³-hybridized carbons (Fsp3) is 0.889. The van der Waals surface area contributed by atoms with Gasteiger partial charge in [-0.15, -0.1) is 0 Å². The van der Waals surface area contributed by atoms with Crippen molar-refractivity contribution >= 4 is 5.91 Å². The van der Waals surface area contributed by atoms with E-state index >= 15 is 0 Å². The Kier molecular flexibility index (Phi) is 3.09. The third kappa shape index (κ3) is 1.78. The van der Waals surface area contributed by atoms with E-state index in [1.54, 1.807) is 6.92 Å². The van der Waals surface area contributed by atoms with Crippen LogP contribution in [0.2, 0.25) is 0 Å². The molecular weight excluding hydrogens is 154 g/mol. The van der Waals surface area contributed by atoms with Gasteiger partial charge in [0.1, 0.15) is 0 Å². The first-order valence-corrected chi connectivity index (χ1v) is 4.68. The molecule has 2 atom stereocenters. The standard InChI is InChI=1S/C7H11NO2.C2H6/c1-5(9)8-2-3-10-7-4-6(7)8;1-2/h6-7H,2-4H2,1H3;1-2H3/t6-,7+;/m0./s1. The van der Waals surface area contributed by atoms with E-state index in [9.17, 15) is 4.79 Å². The quantitative estimate of drug-likeness (QED) is 0.545. The van der Waals surface area contributed by atoms with Gasteiger partial charge in [0.25, 0.3) is 0 Å². The molecule has 1 aliphatic heterocycles. The minimum atomic E-state index is 0.191. The molecular formula is C9H17NO2. The third-order valence-electron chi connectivity index (χ3n) is 2.17. The van der Waals surface area contributed by atoms with Crippen LogP contribution in [0.4, 0.5) is 0 Å². The van der Waals surface area contributed by atoms with Crippen LogP contribution in [0.15, 0.2) is 0 Å². The number of rotatable bonds is 0. The summed E-state index contributed by atoms with van der Waals surface area (Å²) in [7, 11) is 0. The van der Waals surface area contributed by atoms with Gasteiger partial charge in [-0.1, -0.05) is 13.8 Å². The van der Waals surface area contributed by atoms with Crippen molar-refractivity contribution in [3.63, 3.8) is 0 Å². The monoisotopic (exact) mass is 171 g/mol. The van der Waals surface area contributed by atoms with Crippen LogP contribution >= 0.6 is 0 Å². The second kappa shape index (κ2) is 3.90. The topological polar surface area (TPSA) is 29.5 Å². The van der Waals surface area contributed by atoms with Crippen LogP contribution in [-0.4, -0.2) is 36.1 Å². The van der Waals surface area contributed by atoms with Crippen molar-refractivity contribution < 1.29 is 9.53 Å². The Bertz CT molecular complexity index is 170. The maximum absolute atomic E-state index is 10.9. The van der Waals surface area contributed by atoms with E-state index in [0.717, 1.165) is 19.6 Å². The van der Waals surface area contributed by atoms with Crippen LogP contribution in [0, 0.1) is 0 Å². The normalized spacial score (nSPS) is 31.4. The van der Waals surface area contributed by atoms with Crippen LogP contribution in [0.5, 0.6) is 0 Å². The molecule has 0 radical (unpaired) electrons. The average Bonchev–Trinajstić information content (AvgIpc) is 2.85. The van der Waals surface area contributed by atoms with Crippen LogP contribution in [0.25, 0.3) is 0 Å². The molecule has 2 rings (SSSR count). The van der Waals surface area contributed by atoms with E-state index in [1.807, 2.05) is 18.7 Å². The van der Waals surface area contributed by atoms with Crippen molar-refractivity contribution in [2.75, 3.05) is 13.2 Å². The molecule has 12 heavy (non-hydrogen) atoms. The number of hydrogen-bond acceptors (Lipinski definition) is 2. The Morgan fingerprint density at radius 3 is 2.67 bits per heavy atom. The molecule has 0 aromatic heterocycles. The maximum Gasteiger partial charge on any atom is 0.219 e. The first kappa shape index (κ1) is 9.52. The number of morpholine rings is 1. The summed E-state index contributed by atoms with van der Waals surface area (Å²) < 4.78 is 5.34. The molecule has 0 aromatic rings. The lowest BCUT2D eigenvalue weighted by atomic mass is 10.4. The highest BCUT2D eigenvalue weighted by Gasteiger charge is 2.46. The highest BCUT2D eigenvalue weighted by atomic mass is 16.5. The molecule has 1 saturated carbocycles. The Hall–Kier alpha value is -0.570. The van der Waals surface area contributed by atoms with Gasteiger partial charge in [-0.2, -0.15) is 0 Å². The molecule has 1 heterocycles. The summed E-state index contributed by atoms with van der Waals surface area (Å²) in [5, 5.41) is 0. The smallest absolute Gasteiger partial charge is 0.219 e. The van der Waals surface area contributed by atoms with Gasteiger partial charge in [0.2, 0.25) is 5.91 Å². The van der Waals surface area contributed by atoms with Gasteiger partial charge in [-0.05, 0) is 6.42 Å². The average molecular weight is 171 g/mol. The number of hydrogen-bond donors (Lipinski definition) is 0. The molecule has 2 aliphatic rings. The summed E-state index contributed by atoms with van der Waals surface area (Å²) in [5.41, 5.74) is 0. The first-order valence-electron chi connectivity index (χ1n) is 4.68. The van der Waals surface area contributed by atoms with Gasteiger partial charge in [0.05, 0.1) is 18.8 Å². The van der Waals surface area contributed by atoms with Gasteiger partial charge in [-0.25, -0.2) is 0 Å². The van der Waals surface area contributed by atoms with Crippen molar-refractivity contribution in [1.29, 1.82) is 0 Å². The van der Waals surface area contributed by atoms with E-state index in [2.05, 4.69) is 0 Å². The summed E-state index contributed by atoms with van der Waals surface area (Å²) >= 11 is 0. The molecule has 3 nitrogen and oxygen atoms in total. The number of fused-ring (bicyclic) bond motifs is 1. The van der Waals surface area contributed by atoms with Crippen molar-refractivity contribution in [2.24, 2.45) is 0 Å². The fourth-order valence-electron chi connectivity index (χ4n) is 1.53. The van der Waals surface area contributed by atoms with Gasteiger partial charge in [0.15, 0.2) is 0 Å². The SMILES string of the molecule is CC.CC(=O)N1CCO[C@@H]2C[C@@H]21. The zero-order valence-electron chi connectivity index (χ0n) is 8.04. The first-order chi connectivity index (χ1) is 5.79.